The van der Waals surface area contributed by atoms with E-state index in [-0.39, 0.29) is 11.9 Å². The third-order valence-electron chi connectivity index (χ3n) is 2.04. The van der Waals surface area contributed by atoms with Crippen molar-refractivity contribution in [2.45, 2.75) is 13.0 Å². The Morgan fingerprint density at radius 3 is 2.92 bits per heavy atom. The normalized spacial score (nSPS) is 12.5. The van der Waals surface area contributed by atoms with Crippen LogP contribution in [0.1, 0.15) is 17.8 Å². The first kappa shape index (κ1) is 10.7. The molecule has 1 rings (SSSR count). The van der Waals surface area contributed by atoms with E-state index in [1.165, 1.54) is 4.88 Å². The van der Waals surface area contributed by atoms with Crippen LogP contribution in [0.15, 0.2) is 17.5 Å². The van der Waals surface area contributed by atoms with Crippen LogP contribution >= 0.6 is 27.3 Å². The van der Waals surface area contributed by atoms with Gasteiger partial charge in [0.1, 0.15) is 0 Å². The fourth-order valence-corrected chi connectivity index (χ4v) is 2.25. The maximum Gasteiger partial charge on any atom is 0.233 e. The SMILES string of the molecule is CC(c1cccs1)N(C)C(=O)CBr. The molecule has 0 bridgehead atoms. The zero-order valence-corrected chi connectivity index (χ0v) is 10.1. The van der Waals surface area contributed by atoms with Crippen LogP contribution in [-0.4, -0.2) is 23.2 Å². The molecule has 1 amide bonds. The lowest BCUT2D eigenvalue weighted by Crippen LogP contribution is -2.29. The zero-order valence-electron chi connectivity index (χ0n) is 7.66. The highest BCUT2D eigenvalue weighted by atomic mass is 79.9. The molecular formula is C9H12BrNOS. The Morgan fingerprint density at radius 1 is 1.77 bits per heavy atom. The lowest BCUT2D eigenvalue weighted by Gasteiger charge is -2.23. The van der Waals surface area contributed by atoms with Gasteiger partial charge in [0.2, 0.25) is 5.91 Å². The first-order chi connectivity index (χ1) is 6.16. The lowest BCUT2D eigenvalue weighted by atomic mass is 10.2. The lowest BCUT2D eigenvalue weighted by molar-refractivity contribution is -0.128. The Bertz CT molecular complexity index is 273. The molecule has 1 unspecified atom stereocenters. The van der Waals surface area contributed by atoms with Gasteiger partial charge in [0.05, 0.1) is 11.4 Å². The van der Waals surface area contributed by atoms with E-state index in [0.717, 1.165) is 0 Å². The summed E-state index contributed by atoms with van der Waals surface area (Å²) >= 11 is 4.84. The molecule has 4 heteroatoms. The molecule has 0 aliphatic heterocycles. The minimum atomic E-state index is 0.112. The summed E-state index contributed by atoms with van der Waals surface area (Å²) in [5.41, 5.74) is 0. The third kappa shape index (κ3) is 2.54. The van der Waals surface area contributed by atoms with Gasteiger partial charge in [-0.1, -0.05) is 22.0 Å². The molecule has 0 saturated carbocycles. The third-order valence-corrected chi connectivity index (χ3v) is 3.57. The van der Waals surface area contributed by atoms with Crippen LogP contribution < -0.4 is 0 Å². The van der Waals surface area contributed by atoms with Gasteiger partial charge < -0.3 is 4.90 Å². The number of halogens is 1. The van der Waals surface area contributed by atoms with Crippen LogP contribution in [0.2, 0.25) is 0 Å². The van der Waals surface area contributed by atoms with Crippen molar-refractivity contribution in [3.63, 3.8) is 0 Å². The first-order valence-corrected chi connectivity index (χ1v) is 6.02. The molecule has 0 fully saturated rings. The van der Waals surface area contributed by atoms with E-state index in [0.29, 0.717) is 5.33 Å². The molecule has 1 heterocycles. The van der Waals surface area contributed by atoms with Crippen LogP contribution in [-0.2, 0) is 4.79 Å². The monoisotopic (exact) mass is 261 g/mol. The topological polar surface area (TPSA) is 20.3 Å². The van der Waals surface area contributed by atoms with Crippen LogP contribution in [0.4, 0.5) is 0 Å². The van der Waals surface area contributed by atoms with E-state index in [2.05, 4.69) is 15.9 Å². The van der Waals surface area contributed by atoms with Crippen molar-refractivity contribution in [3.05, 3.63) is 22.4 Å². The maximum atomic E-state index is 11.3. The van der Waals surface area contributed by atoms with Crippen molar-refractivity contribution in [2.75, 3.05) is 12.4 Å². The molecule has 13 heavy (non-hydrogen) atoms. The molecule has 1 atom stereocenters. The predicted octanol–water partition coefficient (Wildman–Crippen LogP) is 2.66. The van der Waals surface area contributed by atoms with Gasteiger partial charge in [-0.2, -0.15) is 0 Å². The van der Waals surface area contributed by atoms with Gasteiger partial charge in [-0.25, -0.2) is 0 Å². The summed E-state index contributed by atoms with van der Waals surface area (Å²) in [5, 5.41) is 2.41. The maximum absolute atomic E-state index is 11.3. The second-order valence-corrected chi connectivity index (χ2v) is 4.37. The summed E-state index contributed by atoms with van der Waals surface area (Å²) < 4.78 is 0. The Hall–Kier alpha value is -0.350. The second-order valence-electron chi connectivity index (χ2n) is 2.83. The molecule has 1 aromatic heterocycles. The molecule has 1 aromatic rings. The minimum absolute atomic E-state index is 0.112. The molecular weight excluding hydrogens is 250 g/mol. The van der Waals surface area contributed by atoms with Crippen LogP contribution in [0.3, 0.4) is 0 Å². The smallest absolute Gasteiger partial charge is 0.233 e. The fourth-order valence-electron chi connectivity index (χ4n) is 1.03. The fraction of sp³-hybridized carbons (Fsp3) is 0.444. The number of hydrogen-bond acceptors (Lipinski definition) is 2. The van der Waals surface area contributed by atoms with Gasteiger partial charge in [-0.15, -0.1) is 11.3 Å². The van der Waals surface area contributed by atoms with E-state index in [9.17, 15) is 4.79 Å². The molecule has 0 aliphatic carbocycles. The number of hydrogen-bond donors (Lipinski definition) is 0. The number of carbonyl (C=O) groups excluding carboxylic acids is 1. The van der Waals surface area contributed by atoms with Gasteiger partial charge >= 0.3 is 0 Å². The highest BCUT2D eigenvalue weighted by Gasteiger charge is 2.16. The summed E-state index contributed by atoms with van der Waals surface area (Å²) in [6.45, 7) is 2.03. The van der Waals surface area contributed by atoms with Crippen molar-refractivity contribution >= 4 is 33.2 Å². The number of carbonyl (C=O) groups is 1. The van der Waals surface area contributed by atoms with E-state index >= 15 is 0 Å². The summed E-state index contributed by atoms with van der Waals surface area (Å²) in [5.74, 6) is 0.112. The molecule has 2 nitrogen and oxygen atoms in total. The largest absolute Gasteiger partial charge is 0.337 e. The number of amides is 1. The van der Waals surface area contributed by atoms with Crippen molar-refractivity contribution in [1.29, 1.82) is 0 Å². The van der Waals surface area contributed by atoms with E-state index in [1.807, 2.05) is 31.5 Å². The van der Waals surface area contributed by atoms with Gasteiger partial charge in [0.15, 0.2) is 0 Å². The van der Waals surface area contributed by atoms with Crippen molar-refractivity contribution in [1.82, 2.24) is 4.90 Å². The van der Waals surface area contributed by atoms with Crippen molar-refractivity contribution in [3.8, 4) is 0 Å². The van der Waals surface area contributed by atoms with Crippen LogP contribution in [0.25, 0.3) is 0 Å². The van der Waals surface area contributed by atoms with E-state index in [1.54, 1.807) is 16.2 Å². The Kier molecular flexibility index (Phi) is 3.93. The quantitative estimate of drug-likeness (QED) is 0.767. The Balaban J connectivity index is 2.68. The number of thiophene rings is 1. The summed E-state index contributed by atoms with van der Waals surface area (Å²) in [6.07, 6.45) is 0. The molecule has 0 radical (unpaired) electrons. The highest BCUT2D eigenvalue weighted by molar-refractivity contribution is 9.09. The zero-order chi connectivity index (χ0) is 9.84. The molecule has 0 spiro atoms. The van der Waals surface area contributed by atoms with Gasteiger partial charge in [0.25, 0.3) is 0 Å². The standard InChI is InChI=1S/C9H12BrNOS/c1-7(8-4-3-5-13-8)11(2)9(12)6-10/h3-5,7H,6H2,1-2H3. The molecule has 72 valence electrons. The minimum Gasteiger partial charge on any atom is -0.337 e. The van der Waals surface area contributed by atoms with E-state index in [4.69, 9.17) is 0 Å². The Morgan fingerprint density at radius 2 is 2.46 bits per heavy atom. The first-order valence-electron chi connectivity index (χ1n) is 4.02. The number of alkyl halides is 1. The second kappa shape index (κ2) is 4.77. The van der Waals surface area contributed by atoms with Crippen LogP contribution in [0.5, 0.6) is 0 Å². The van der Waals surface area contributed by atoms with Crippen molar-refractivity contribution < 1.29 is 4.79 Å². The van der Waals surface area contributed by atoms with Gasteiger partial charge in [0, 0.05) is 11.9 Å². The van der Waals surface area contributed by atoms with Crippen molar-refractivity contribution in [2.24, 2.45) is 0 Å². The molecule has 0 aliphatic rings. The molecule has 0 aromatic carbocycles. The predicted molar refractivity (Wildman–Crippen MR) is 59.3 cm³/mol. The molecule has 0 saturated heterocycles. The average Bonchev–Trinajstić information content (AvgIpc) is 2.67. The highest BCUT2D eigenvalue weighted by Crippen LogP contribution is 2.23. The van der Waals surface area contributed by atoms with E-state index < -0.39 is 0 Å². The molecule has 0 N–H and O–H groups in total. The summed E-state index contributed by atoms with van der Waals surface area (Å²) in [6, 6.07) is 4.22. The summed E-state index contributed by atoms with van der Waals surface area (Å²) in [7, 11) is 1.83. The van der Waals surface area contributed by atoms with Gasteiger partial charge in [-0.05, 0) is 18.4 Å². The number of rotatable bonds is 3. The number of nitrogens with zero attached hydrogens (tertiary/aromatic N) is 1. The van der Waals surface area contributed by atoms with Gasteiger partial charge in [-0.3, -0.25) is 4.79 Å². The summed E-state index contributed by atoms with van der Waals surface area (Å²) in [4.78, 5) is 14.3. The average molecular weight is 262 g/mol. The Labute approximate surface area is 90.7 Å². The van der Waals surface area contributed by atoms with Crippen LogP contribution in [0, 0.1) is 0 Å².